The van der Waals surface area contributed by atoms with E-state index in [-0.39, 0.29) is 48.1 Å². The smallest absolute Gasteiger partial charge is 0.357 e. The summed E-state index contributed by atoms with van der Waals surface area (Å²) >= 11 is -1.59. The maximum Gasteiger partial charge on any atom is 2.00 e. The average Bonchev–Trinajstić information content (AvgIpc) is 3.73. The van der Waals surface area contributed by atoms with Gasteiger partial charge in [0.1, 0.15) is 9.49 Å². The van der Waals surface area contributed by atoms with Gasteiger partial charge in [0.15, 0.2) is 11.1 Å². The van der Waals surface area contributed by atoms with Crippen molar-refractivity contribution in [3.63, 3.8) is 0 Å². The Morgan fingerprint density at radius 1 is 0.625 bits per heavy atom. The number of hydrogen-bond acceptors (Lipinski definition) is 11. The first-order valence-corrected chi connectivity index (χ1v) is 20.1. The second kappa shape index (κ2) is 13.4. The fourth-order valence-corrected chi connectivity index (χ4v) is 7.66. The summed E-state index contributed by atoms with van der Waals surface area (Å²) in [5.41, 5.74) is 5.38. The Bertz CT molecular complexity index is 2950. The van der Waals surface area contributed by atoms with Crippen LogP contribution in [0, 0.1) is 0 Å². The number of rotatable bonds is 3. The molecule has 56 heavy (non-hydrogen) atoms. The summed E-state index contributed by atoms with van der Waals surface area (Å²) in [7, 11) is -4.60. The zero-order chi connectivity index (χ0) is 38.5. The van der Waals surface area contributed by atoms with Gasteiger partial charge in [-0.15, -0.1) is 0 Å². The maximum atomic E-state index is 12.5. The predicted octanol–water partition coefficient (Wildman–Crippen LogP) is 6.19. The molecule has 5 aliphatic rings. The van der Waals surface area contributed by atoms with Gasteiger partial charge < -0.3 is 39.0 Å². The van der Waals surface area contributed by atoms with E-state index in [4.69, 9.17) is 39.9 Å². The summed E-state index contributed by atoms with van der Waals surface area (Å²) in [5.74, 6) is 0.945. The first-order chi connectivity index (χ1) is 26.2. The Kier molecular flexibility index (Phi) is 9.12. The van der Waals surface area contributed by atoms with Crippen molar-refractivity contribution in [3.05, 3.63) is 107 Å². The molecule has 0 spiro atoms. The molecule has 0 saturated heterocycles. The van der Waals surface area contributed by atoms with Gasteiger partial charge in [0.2, 0.25) is 0 Å². The van der Waals surface area contributed by atoms with Gasteiger partial charge in [0.05, 0.1) is 28.0 Å². The van der Waals surface area contributed by atoms with Crippen LogP contribution < -0.4 is 9.97 Å². The SMILES string of the molecule is CC1(SO)C=Cc2c(c3nc4nc(nc5[n-]c(nc6nc(nc2[n-]3)C2=C6C=CC(C)(S(=O)(=O)O)C=C2)c2c5C=CC(C)(S(=O)O)C=C2)-c2ccccc2-4)C=C1.[Zn+2]. The van der Waals surface area contributed by atoms with Crippen molar-refractivity contribution >= 4 is 91.3 Å². The van der Waals surface area contributed by atoms with Gasteiger partial charge in [-0.1, -0.05) is 97.2 Å². The summed E-state index contributed by atoms with van der Waals surface area (Å²) in [4.78, 5) is 39.1. The second-order valence-corrected chi connectivity index (χ2v) is 18.1. The van der Waals surface area contributed by atoms with E-state index in [1.807, 2.05) is 55.5 Å². The van der Waals surface area contributed by atoms with E-state index in [9.17, 15) is 26.3 Å². The molecule has 2 aliphatic heterocycles. The first kappa shape index (κ1) is 38.1. The third-order valence-corrected chi connectivity index (χ3v) is 13.1. The Morgan fingerprint density at radius 3 is 1.41 bits per heavy atom. The molecule has 18 heteroatoms. The molecule has 0 amide bonds. The van der Waals surface area contributed by atoms with Gasteiger partial charge in [-0.25, -0.2) is 14.2 Å². The van der Waals surface area contributed by atoms with E-state index < -0.39 is 35.4 Å². The number of nitrogens with zero attached hydrogens (tertiary/aromatic N) is 8. The molecule has 3 aromatic heterocycles. The fraction of sp³-hybridized carbons (Fsp3) is 0.158. The van der Waals surface area contributed by atoms with E-state index in [1.165, 1.54) is 31.2 Å². The largest absolute Gasteiger partial charge is 2.00 e. The summed E-state index contributed by atoms with van der Waals surface area (Å²) in [6, 6.07) is 7.49. The normalized spacial score (nSPS) is 23.7. The minimum Gasteiger partial charge on any atom is -0.357 e. The van der Waals surface area contributed by atoms with E-state index >= 15 is 0 Å². The van der Waals surface area contributed by atoms with E-state index in [0.29, 0.717) is 73.9 Å². The minimum atomic E-state index is -4.60. The minimum absolute atomic E-state index is 0. The molecule has 0 radical (unpaired) electrons. The van der Waals surface area contributed by atoms with Gasteiger partial charge in [-0.3, -0.25) is 4.55 Å². The molecule has 8 bridgehead atoms. The van der Waals surface area contributed by atoms with Crippen LogP contribution in [0.1, 0.15) is 54.7 Å². The monoisotopic (exact) mass is 852 g/mol. The molecule has 4 aromatic rings. The number of benzene rings is 1. The van der Waals surface area contributed by atoms with Crippen molar-refractivity contribution in [2.45, 2.75) is 35.0 Å². The van der Waals surface area contributed by atoms with Gasteiger partial charge in [0.25, 0.3) is 10.1 Å². The summed E-state index contributed by atoms with van der Waals surface area (Å²) in [5, 5.41) is 0. The van der Waals surface area contributed by atoms with E-state index in [2.05, 4.69) is 0 Å². The van der Waals surface area contributed by atoms with Crippen LogP contribution in [0.15, 0.2) is 72.9 Å². The fourth-order valence-electron chi connectivity index (χ4n) is 6.56. The quantitative estimate of drug-likeness (QED) is 0.0798. The first-order valence-electron chi connectivity index (χ1n) is 16.8. The number of allylic oxidation sites excluding steroid dienone is 4. The molecular formula is C38H28N8O6S3Zn. The summed E-state index contributed by atoms with van der Waals surface area (Å²) < 4.78 is 64.3. The zero-order valence-electron chi connectivity index (χ0n) is 29.8. The van der Waals surface area contributed by atoms with Crippen molar-refractivity contribution < 1.29 is 45.8 Å². The van der Waals surface area contributed by atoms with E-state index in [0.717, 1.165) is 0 Å². The third-order valence-electron chi connectivity index (χ3n) is 10.0. The Hall–Kier alpha value is -4.81. The summed E-state index contributed by atoms with van der Waals surface area (Å²) in [6.45, 7) is 4.83. The van der Waals surface area contributed by atoms with Gasteiger partial charge >= 0.3 is 19.5 Å². The Morgan fingerprint density at radius 2 is 1.02 bits per heavy atom. The molecule has 5 heterocycles. The number of hydrogen-bond donors (Lipinski definition) is 3. The van der Waals surface area contributed by atoms with Crippen molar-refractivity contribution in [2.24, 2.45) is 0 Å². The van der Waals surface area contributed by atoms with Crippen LogP contribution >= 0.6 is 12.0 Å². The van der Waals surface area contributed by atoms with Gasteiger partial charge in [-0.05, 0) is 43.0 Å². The standard InChI is InChI=1S/C38H28N8O6S3.Zn/c1-36(53-47)14-8-22-23(9-15-36)31-42-30(22)40-28-20-6-4-5-7-21(20)29(39-28)41-32-24-10-16-37(2,54(48)49)17-11-25(24)33(44-32)45-35-27-13-19-38(3,55(50,51)52)18-12-26(27)34(43-31)46-35;/h4-19H,1-3H3,(H3-2,39,40,41,42,43,44,45,46,47,48,49,50,51,52);/q-2;+2. The van der Waals surface area contributed by atoms with Gasteiger partial charge in [0, 0.05) is 56.9 Å². The molecule has 1 aromatic carbocycles. The molecule has 4 atom stereocenters. The van der Waals surface area contributed by atoms with Gasteiger partial charge in [-0.2, -0.15) is 8.42 Å². The van der Waals surface area contributed by atoms with Crippen molar-refractivity contribution in [1.82, 2.24) is 39.9 Å². The van der Waals surface area contributed by atoms with Crippen LogP contribution in [0.4, 0.5) is 0 Å². The van der Waals surface area contributed by atoms with Crippen LogP contribution in [0.3, 0.4) is 0 Å². The second-order valence-electron chi connectivity index (χ2n) is 13.9. The molecule has 3 N–H and O–H groups in total. The van der Waals surface area contributed by atoms with Crippen LogP contribution in [-0.4, -0.2) is 70.4 Å². The molecule has 4 unspecified atom stereocenters. The van der Waals surface area contributed by atoms with Crippen LogP contribution in [0.5, 0.6) is 0 Å². The third kappa shape index (κ3) is 6.16. The molecule has 0 saturated carbocycles. The van der Waals surface area contributed by atoms with Crippen molar-refractivity contribution in [1.29, 1.82) is 0 Å². The predicted molar refractivity (Wildman–Crippen MR) is 214 cm³/mol. The zero-order valence-corrected chi connectivity index (χ0v) is 35.2. The van der Waals surface area contributed by atoms with Crippen LogP contribution in [0.25, 0.3) is 80.8 Å². The number of aromatic nitrogens is 8. The molecular weight excluding hydrogens is 826 g/mol. The average molecular weight is 854 g/mol. The van der Waals surface area contributed by atoms with Crippen LogP contribution in [-0.2, 0) is 40.7 Å². The number of fused-ring (bicyclic) bond motifs is 19. The Balaban J connectivity index is 0.00000441. The van der Waals surface area contributed by atoms with Crippen LogP contribution in [0.2, 0.25) is 0 Å². The van der Waals surface area contributed by atoms with Crippen molar-refractivity contribution in [3.8, 4) is 22.8 Å². The molecule has 9 rings (SSSR count). The maximum absolute atomic E-state index is 12.5. The molecule has 276 valence electrons. The Labute approximate surface area is 339 Å². The van der Waals surface area contributed by atoms with Crippen molar-refractivity contribution in [2.75, 3.05) is 0 Å². The molecule has 0 fully saturated rings. The van der Waals surface area contributed by atoms with E-state index in [1.54, 1.807) is 31.2 Å². The topological polar surface area (TPSA) is 217 Å². The molecule has 14 nitrogen and oxygen atoms in total. The summed E-state index contributed by atoms with van der Waals surface area (Å²) in [6.07, 6.45) is 19.6. The molecule has 3 aliphatic carbocycles.